The van der Waals surface area contributed by atoms with Gasteiger partial charge in [0.05, 0.1) is 0 Å². The number of carbonyl (C=O) groups is 2. The van der Waals surface area contributed by atoms with Crippen molar-refractivity contribution in [1.82, 2.24) is 0 Å². The van der Waals surface area contributed by atoms with Gasteiger partial charge in [-0.2, -0.15) is 0 Å². The molecular formula is C22H10O2S2. The second-order valence-electron chi connectivity index (χ2n) is 6.46. The fourth-order valence-electron chi connectivity index (χ4n) is 4.04. The normalized spacial score (nSPS) is 14.8. The molecule has 4 aromatic carbocycles. The van der Waals surface area contributed by atoms with Crippen molar-refractivity contribution in [1.29, 1.82) is 0 Å². The van der Waals surface area contributed by atoms with Crippen molar-refractivity contribution in [3.05, 3.63) is 71.8 Å². The van der Waals surface area contributed by atoms with Gasteiger partial charge in [0.25, 0.3) is 0 Å². The average Bonchev–Trinajstić information content (AvgIpc) is 3.17. The zero-order chi connectivity index (χ0) is 17.4. The number of carbonyl (C=O) groups excluding carboxylic acids is 2. The lowest BCUT2D eigenvalue weighted by atomic mass is 9.91. The molecule has 0 fully saturated rings. The zero-order valence-corrected chi connectivity index (χ0v) is 15.0. The van der Waals surface area contributed by atoms with Crippen molar-refractivity contribution in [2.75, 3.05) is 0 Å². The SMILES string of the molecule is O=C1Sc2ccc(-c3ccc4c5c(cccc35)C(=O)S4)c3cccc1c23. The molecule has 0 aromatic heterocycles. The molecule has 0 bridgehead atoms. The minimum absolute atomic E-state index is 0.116. The maximum atomic E-state index is 12.3. The number of thioether (sulfide) groups is 2. The number of benzene rings is 4. The van der Waals surface area contributed by atoms with Crippen LogP contribution in [0, 0.1) is 0 Å². The first kappa shape index (κ1) is 14.6. The van der Waals surface area contributed by atoms with E-state index in [1.54, 1.807) is 0 Å². The fraction of sp³-hybridized carbons (Fsp3) is 0. The Balaban J connectivity index is 1.75. The Hall–Kier alpha value is -2.56. The molecular weight excluding hydrogens is 360 g/mol. The van der Waals surface area contributed by atoms with Crippen LogP contribution in [0.15, 0.2) is 70.5 Å². The molecule has 0 radical (unpaired) electrons. The topological polar surface area (TPSA) is 34.1 Å². The monoisotopic (exact) mass is 370 g/mol. The van der Waals surface area contributed by atoms with Crippen LogP contribution in [0.5, 0.6) is 0 Å². The van der Waals surface area contributed by atoms with Gasteiger partial charge in [-0.15, -0.1) is 0 Å². The van der Waals surface area contributed by atoms with Crippen molar-refractivity contribution >= 4 is 55.3 Å². The molecule has 2 aliphatic heterocycles. The molecule has 2 aliphatic rings. The summed E-state index contributed by atoms with van der Waals surface area (Å²) in [6, 6.07) is 20.2. The molecule has 4 aromatic rings. The molecule has 0 unspecified atom stereocenters. The predicted octanol–water partition coefficient (Wildman–Crippen LogP) is 6.15. The second kappa shape index (κ2) is 5.00. The van der Waals surface area contributed by atoms with E-state index in [1.165, 1.54) is 23.5 Å². The Labute approximate surface area is 157 Å². The Morgan fingerprint density at radius 2 is 0.962 bits per heavy atom. The molecule has 0 spiro atoms. The number of rotatable bonds is 1. The lowest BCUT2D eigenvalue weighted by molar-refractivity contribution is 0.108. The minimum atomic E-state index is 0.116. The number of hydrogen-bond donors (Lipinski definition) is 0. The molecule has 4 heteroatoms. The Kier molecular flexibility index (Phi) is 2.80. The van der Waals surface area contributed by atoms with E-state index in [4.69, 9.17) is 0 Å². The van der Waals surface area contributed by atoms with Crippen molar-refractivity contribution < 1.29 is 9.59 Å². The van der Waals surface area contributed by atoms with Gasteiger partial charge < -0.3 is 0 Å². The van der Waals surface area contributed by atoms with Crippen molar-refractivity contribution in [2.24, 2.45) is 0 Å². The predicted molar refractivity (Wildman–Crippen MR) is 107 cm³/mol. The highest BCUT2D eigenvalue weighted by Crippen LogP contribution is 2.47. The molecule has 0 atom stereocenters. The van der Waals surface area contributed by atoms with Gasteiger partial charge in [0.15, 0.2) is 0 Å². The summed E-state index contributed by atoms with van der Waals surface area (Å²) >= 11 is 2.61. The fourth-order valence-corrected chi connectivity index (χ4v) is 5.91. The summed E-state index contributed by atoms with van der Waals surface area (Å²) in [5.41, 5.74) is 3.80. The van der Waals surface area contributed by atoms with Crippen LogP contribution in [0.4, 0.5) is 0 Å². The summed E-state index contributed by atoms with van der Waals surface area (Å²) in [6.45, 7) is 0. The highest BCUT2D eigenvalue weighted by molar-refractivity contribution is 8.15. The van der Waals surface area contributed by atoms with Gasteiger partial charge in [0.2, 0.25) is 10.2 Å². The molecule has 0 saturated carbocycles. The molecule has 26 heavy (non-hydrogen) atoms. The zero-order valence-electron chi connectivity index (χ0n) is 13.4. The van der Waals surface area contributed by atoms with E-state index in [2.05, 4.69) is 24.3 Å². The van der Waals surface area contributed by atoms with Crippen LogP contribution < -0.4 is 0 Å². The van der Waals surface area contributed by atoms with Crippen molar-refractivity contribution in [3.8, 4) is 11.1 Å². The summed E-state index contributed by atoms with van der Waals surface area (Å²) in [5, 5.41) is 4.52. The van der Waals surface area contributed by atoms with Crippen LogP contribution in [0.2, 0.25) is 0 Å². The van der Waals surface area contributed by atoms with Crippen LogP contribution in [0.25, 0.3) is 32.7 Å². The molecule has 0 saturated heterocycles. The van der Waals surface area contributed by atoms with Crippen LogP contribution in [0.1, 0.15) is 20.7 Å². The largest absolute Gasteiger partial charge is 0.281 e. The molecule has 6 rings (SSSR count). The third kappa shape index (κ3) is 1.76. The van der Waals surface area contributed by atoms with E-state index >= 15 is 0 Å². The van der Waals surface area contributed by atoms with Crippen molar-refractivity contribution in [3.63, 3.8) is 0 Å². The van der Waals surface area contributed by atoms with Crippen molar-refractivity contribution in [2.45, 2.75) is 9.79 Å². The lowest BCUT2D eigenvalue weighted by Gasteiger charge is -2.12. The van der Waals surface area contributed by atoms with E-state index in [9.17, 15) is 9.59 Å². The van der Waals surface area contributed by atoms with Gasteiger partial charge in [-0.05, 0) is 69.7 Å². The minimum Gasteiger partial charge on any atom is -0.281 e. The highest BCUT2D eigenvalue weighted by atomic mass is 32.2. The van der Waals surface area contributed by atoms with E-state index in [0.29, 0.717) is 0 Å². The lowest BCUT2D eigenvalue weighted by Crippen LogP contribution is -1.89. The van der Waals surface area contributed by atoms with Crippen LogP contribution in [-0.4, -0.2) is 10.2 Å². The van der Waals surface area contributed by atoms with Crippen LogP contribution in [0.3, 0.4) is 0 Å². The molecule has 0 N–H and O–H groups in total. The smallest absolute Gasteiger partial charge is 0.224 e. The first-order chi connectivity index (χ1) is 12.7. The first-order valence-corrected chi connectivity index (χ1v) is 9.92. The van der Waals surface area contributed by atoms with Gasteiger partial charge in [0, 0.05) is 31.7 Å². The molecule has 0 amide bonds. The first-order valence-electron chi connectivity index (χ1n) is 8.28. The number of hydrogen-bond acceptors (Lipinski definition) is 4. The summed E-state index contributed by atoms with van der Waals surface area (Å²) < 4.78 is 0. The molecule has 2 heterocycles. The standard InChI is InChI=1S/C22H10O2S2/c23-21-15-5-1-3-13-11(7-9-17(25-21)19(13)15)12-8-10-18-20-14(12)4-2-6-16(20)22(24)26-18/h1-10H. The Bertz CT molecular complexity index is 1220. The van der Waals surface area contributed by atoms with E-state index < -0.39 is 0 Å². The summed E-state index contributed by atoms with van der Waals surface area (Å²) in [6.07, 6.45) is 0. The quantitative estimate of drug-likeness (QED) is 0.402. The van der Waals surface area contributed by atoms with Crippen LogP contribution >= 0.6 is 23.5 Å². The summed E-state index contributed by atoms with van der Waals surface area (Å²) in [7, 11) is 0. The molecule has 0 aliphatic carbocycles. The third-order valence-corrected chi connectivity index (χ3v) is 7.07. The average molecular weight is 370 g/mol. The maximum Gasteiger partial charge on any atom is 0.224 e. The van der Waals surface area contributed by atoms with Gasteiger partial charge in [0.1, 0.15) is 0 Å². The van der Waals surface area contributed by atoms with Gasteiger partial charge in [-0.25, -0.2) is 0 Å². The Morgan fingerprint density at radius 1 is 0.500 bits per heavy atom. The highest BCUT2D eigenvalue weighted by Gasteiger charge is 2.27. The van der Waals surface area contributed by atoms with E-state index in [-0.39, 0.29) is 10.2 Å². The van der Waals surface area contributed by atoms with Gasteiger partial charge in [-0.1, -0.05) is 36.4 Å². The maximum absolute atomic E-state index is 12.3. The Morgan fingerprint density at radius 3 is 1.42 bits per heavy atom. The second-order valence-corrected chi connectivity index (χ2v) is 8.49. The molecule has 122 valence electrons. The van der Waals surface area contributed by atoms with Gasteiger partial charge >= 0.3 is 0 Å². The molecule has 2 nitrogen and oxygen atoms in total. The third-order valence-electron chi connectivity index (χ3n) is 5.14. The summed E-state index contributed by atoms with van der Waals surface area (Å²) in [5.74, 6) is 0. The summed E-state index contributed by atoms with van der Waals surface area (Å²) in [4.78, 5) is 26.6. The van der Waals surface area contributed by atoms with E-state index in [0.717, 1.165) is 53.6 Å². The van der Waals surface area contributed by atoms with E-state index in [1.807, 2.05) is 36.4 Å². The van der Waals surface area contributed by atoms with Crippen LogP contribution in [-0.2, 0) is 0 Å². The van der Waals surface area contributed by atoms with Gasteiger partial charge in [-0.3, -0.25) is 9.59 Å².